The number of ether oxygens (including phenoxy) is 1. The standard InChI is InChI=1S/C22H17ClF2N2O3/c23-14-6-9-20(30-16-4-2-1-3-5-16)19(12-14)27-21(28)10-11-26-22(29)17-8-7-15(24)13-18(17)25/h1-9,12-13H,10-11H2,(H,26,29)(H,27,28). The largest absolute Gasteiger partial charge is 0.455 e. The van der Waals surface area contributed by atoms with Crippen LogP contribution >= 0.6 is 11.6 Å². The first kappa shape index (κ1) is 21.3. The van der Waals surface area contributed by atoms with Gasteiger partial charge in [0.25, 0.3) is 5.91 Å². The molecule has 0 saturated carbocycles. The van der Waals surface area contributed by atoms with Gasteiger partial charge in [-0.2, -0.15) is 0 Å². The Morgan fingerprint density at radius 2 is 1.73 bits per heavy atom. The molecule has 0 heterocycles. The summed E-state index contributed by atoms with van der Waals surface area (Å²) in [6, 6.07) is 16.5. The average Bonchev–Trinajstić information content (AvgIpc) is 2.70. The van der Waals surface area contributed by atoms with Gasteiger partial charge in [0.1, 0.15) is 17.4 Å². The van der Waals surface area contributed by atoms with Gasteiger partial charge in [0.15, 0.2) is 5.75 Å². The molecule has 8 heteroatoms. The molecule has 0 bridgehead atoms. The van der Waals surface area contributed by atoms with Crippen LogP contribution in [0.25, 0.3) is 0 Å². The Balaban J connectivity index is 1.58. The predicted molar refractivity (Wildman–Crippen MR) is 110 cm³/mol. The number of para-hydroxylation sites is 1. The molecule has 0 saturated heterocycles. The Hall–Kier alpha value is -3.45. The second-order valence-corrected chi connectivity index (χ2v) is 6.67. The molecule has 2 amide bonds. The van der Waals surface area contributed by atoms with Crippen molar-refractivity contribution in [2.75, 3.05) is 11.9 Å². The van der Waals surface area contributed by atoms with Crippen molar-refractivity contribution in [3.8, 4) is 11.5 Å². The number of amides is 2. The highest BCUT2D eigenvalue weighted by molar-refractivity contribution is 6.31. The minimum absolute atomic E-state index is 0.0447. The van der Waals surface area contributed by atoms with Gasteiger partial charge in [0.05, 0.1) is 11.3 Å². The molecule has 0 radical (unpaired) electrons. The lowest BCUT2D eigenvalue weighted by molar-refractivity contribution is -0.116. The third kappa shape index (κ3) is 5.78. The second kappa shape index (κ2) is 9.84. The molecule has 0 unspecified atom stereocenters. The maximum atomic E-state index is 13.6. The lowest BCUT2D eigenvalue weighted by Gasteiger charge is -2.13. The maximum absolute atomic E-state index is 13.6. The zero-order chi connectivity index (χ0) is 21.5. The van der Waals surface area contributed by atoms with Crippen molar-refractivity contribution in [3.63, 3.8) is 0 Å². The number of anilines is 1. The molecule has 0 atom stereocenters. The van der Waals surface area contributed by atoms with Gasteiger partial charge < -0.3 is 15.4 Å². The van der Waals surface area contributed by atoms with Crippen LogP contribution in [0.2, 0.25) is 5.02 Å². The molecular weight excluding hydrogens is 414 g/mol. The van der Waals surface area contributed by atoms with E-state index in [1.165, 1.54) is 0 Å². The van der Waals surface area contributed by atoms with Crippen LogP contribution in [-0.4, -0.2) is 18.4 Å². The smallest absolute Gasteiger partial charge is 0.254 e. The van der Waals surface area contributed by atoms with Gasteiger partial charge in [-0.15, -0.1) is 0 Å². The molecule has 3 aromatic carbocycles. The normalized spacial score (nSPS) is 10.4. The van der Waals surface area contributed by atoms with Crippen molar-refractivity contribution in [2.45, 2.75) is 6.42 Å². The molecule has 0 aliphatic carbocycles. The summed E-state index contributed by atoms with van der Waals surface area (Å²) in [5.74, 6) is -1.91. The molecule has 5 nitrogen and oxygen atoms in total. The van der Waals surface area contributed by atoms with Gasteiger partial charge in [0, 0.05) is 24.1 Å². The van der Waals surface area contributed by atoms with E-state index in [1.54, 1.807) is 30.3 Å². The fraction of sp³-hybridized carbons (Fsp3) is 0.0909. The van der Waals surface area contributed by atoms with Crippen LogP contribution in [0.4, 0.5) is 14.5 Å². The SMILES string of the molecule is O=C(CCNC(=O)c1ccc(F)cc1F)Nc1cc(Cl)ccc1Oc1ccccc1. The Morgan fingerprint density at radius 3 is 2.47 bits per heavy atom. The number of rotatable bonds is 7. The van der Waals surface area contributed by atoms with Crippen LogP contribution in [0.3, 0.4) is 0 Å². The molecular formula is C22H17ClF2N2O3. The maximum Gasteiger partial charge on any atom is 0.254 e. The summed E-state index contributed by atoms with van der Waals surface area (Å²) in [5, 5.41) is 5.51. The van der Waals surface area contributed by atoms with Crippen LogP contribution in [0.15, 0.2) is 66.7 Å². The van der Waals surface area contributed by atoms with Crippen LogP contribution in [-0.2, 0) is 4.79 Å². The van der Waals surface area contributed by atoms with Gasteiger partial charge in [-0.3, -0.25) is 9.59 Å². The Morgan fingerprint density at radius 1 is 0.967 bits per heavy atom. The van der Waals surface area contributed by atoms with Gasteiger partial charge in [-0.1, -0.05) is 29.8 Å². The van der Waals surface area contributed by atoms with Crippen LogP contribution in [0, 0.1) is 11.6 Å². The highest BCUT2D eigenvalue weighted by Gasteiger charge is 2.14. The molecule has 0 aliphatic heterocycles. The first-order valence-corrected chi connectivity index (χ1v) is 9.36. The van der Waals surface area contributed by atoms with E-state index >= 15 is 0 Å². The molecule has 0 aromatic heterocycles. The third-order valence-electron chi connectivity index (χ3n) is 4.00. The fourth-order valence-electron chi connectivity index (χ4n) is 2.58. The van der Waals surface area contributed by atoms with E-state index in [2.05, 4.69) is 10.6 Å². The van der Waals surface area contributed by atoms with Crippen molar-refractivity contribution in [1.82, 2.24) is 5.32 Å². The van der Waals surface area contributed by atoms with E-state index < -0.39 is 23.4 Å². The fourth-order valence-corrected chi connectivity index (χ4v) is 2.75. The van der Waals surface area contributed by atoms with E-state index in [-0.39, 0.29) is 18.5 Å². The number of halogens is 3. The molecule has 3 aromatic rings. The van der Waals surface area contributed by atoms with Crippen molar-refractivity contribution >= 4 is 29.1 Å². The first-order chi connectivity index (χ1) is 14.4. The summed E-state index contributed by atoms with van der Waals surface area (Å²) in [6.45, 7) is -0.0447. The van der Waals surface area contributed by atoms with Gasteiger partial charge in [-0.25, -0.2) is 8.78 Å². The van der Waals surface area contributed by atoms with E-state index in [0.717, 1.165) is 12.1 Å². The Labute approximate surface area is 176 Å². The Bertz CT molecular complexity index is 1060. The highest BCUT2D eigenvalue weighted by atomic mass is 35.5. The molecule has 154 valence electrons. The van der Waals surface area contributed by atoms with Crippen molar-refractivity contribution in [2.24, 2.45) is 0 Å². The lowest BCUT2D eigenvalue weighted by Crippen LogP contribution is -2.28. The topological polar surface area (TPSA) is 67.4 Å². The van der Waals surface area contributed by atoms with E-state index in [0.29, 0.717) is 28.3 Å². The quantitative estimate of drug-likeness (QED) is 0.543. The van der Waals surface area contributed by atoms with E-state index in [9.17, 15) is 18.4 Å². The molecule has 0 aliphatic rings. The minimum atomic E-state index is -0.974. The number of carbonyl (C=O) groups excluding carboxylic acids is 2. The van der Waals surface area contributed by atoms with Crippen LogP contribution < -0.4 is 15.4 Å². The second-order valence-electron chi connectivity index (χ2n) is 6.23. The summed E-state index contributed by atoms with van der Waals surface area (Å²) < 4.78 is 32.3. The van der Waals surface area contributed by atoms with E-state index in [4.69, 9.17) is 16.3 Å². The van der Waals surface area contributed by atoms with Crippen LogP contribution in [0.5, 0.6) is 11.5 Å². The van der Waals surface area contributed by atoms with Gasteiger partial charge in [-0.05, 0) is 42.5 Å². The van der Waals surface area contributed by atoms with Gasteiger partial charge in [0.2, 0.25) is 5.91 Å². The number of hydrogen-bond donors (Lipinski definition) is 2. The third-order valence-corrected chi connectivity index (χ3v) is 4.24. The number of nitrogens with one attached hydrogen (secondary N) is 2. The predicted octanol–water partition coefficient (Wildman–Crippen LogP) is 5.17. The lowest BCUT2D eigenvalue weighted by atomic mass is 10.2. The highest BCUT2D eigenvalue weighted by Crippen LogP contribution is 2.32. The molecule has 0 fully saturated rings. The van der Waals surface area contributed by atoms with Crippen molar-refractivity contribution in [1.29, 1.82) is 0 Å². The van der Waals surface area contributed by atoms with E-state index in [1.807, 2.05) is 18.2 Å². The number of hydrogen-bond acceptors (Lipinski definition) is 3. The zero-order valence-corrected chi connectivity index (χ0v) is 16.4. The summed E-state index contributed by atoms with van der Waals surface area (Å²) in [6.07, 6.45) is -0.0775. The monoisotopic (exact) mass is 430 g/mol. The summed E-state index contributed by atoms with van der Waals surface area (Å²) in [5.41, 5.74) is 0.0671. The minimum Gasteiger partial charge on any atom is -0.455 e. The molecule has 0 spiro atoms. The molecule has 2 N–H and O–H groups in total. The zero-order valence-electron chi connectivity index (χ0n) is 15.6. The first-order valence-electron chi connectivity index (χ1n) is 8.98. The Kier molecular flexibility index (Phi) is 6.98. The number of carbonyl (C=O) groups is 2. The van der Waals surface area contributed by atoms with Gasteiger partial charge >= 0.3 is 0 Å². The van der Waals surface area contributed by atoms with Crippen LogP contribution in [0.1, 0.15) is 16.8 Å². The van der Waals surface area contributed by atoms with Crippen molar-refractivity contribution in [3.05, 3.63) is 89.0 Å². The summed E-state index contributed by atoms with van der Waals surface area (Å²) >= 11 is 6.02. The molecule has 3 rings (SSSR count). The summed E-state index contributed by atoms with van der Waals surface area (Å²) in [4.78, 5) is 24.2. The summed E-state index contributed by atoms with van der Waals surface area (Å²) in [7, 11) is 0. The van der Waals surface area contributed by atoms with Crippen molar-refractivity contribution < 1.29 is 23.1 Å². The molecule has 30 heavy (non-hydrogen) atoms. The number of benzene rings is 3. The average molecular weight is 431 g/mol.